The van der Waals surface area contributed by atoms with E-state index in [1.165, 1.54) is 24.3 Å². The van der Waals surface area contributed by atoms with Crippen molar-refractivity contribution >= 4 is 39.7 Å². The quantitative estimate of drug-likeness (QED) is 0.202. The highest BCUT2D eigenvalue weighted by molar-refractivity contribution is 5.81. The number of H-pyrrole nitrogens is 2. The number of benzene rings is 2. The Kier molecular flexibility index (Phi) is 7.65. The summed E-state index contributed by atoms with van der Waals surface area (Å²) in [5.74, 6) is 0.0604. The van der Waals surface area contributed by atoms with Crippen LogP contribution in [0.25, 0.3) is 11.0 Å². The van der Waals surface area contributed by atoms with E-state index in [2.05, 4.69) is 34.6 Å². The van der Waals surface area contributed by atoms with Gasteiger partial charge in [-0.2, -0.15) is 4.98 Å². The maximum Gasteiger partial charge on any atom is 0.269 e. The van der Waals surface area contributed by atoms with Crippen molar-refractivity contribution in [1.29, 1.82) is 0 Å². The molecule has 2 aliphatic heterocycles. The molecule has 2 fully saturated rings. The molecule has 0 saturated carbocycles. The number of nitrogen functional groups attached to an aromatic ring is 1. The highest BCUT2D eigenvalue weighted by Crippen LogP contribution is 2.26. The van der Waals surface area contributed by atoms with Crippen LogP contribution in [0.4, 0.5) is 28.7 Å². The maximum atomic E-state index is 13.0. The van der Waals surface area contributed by atoms with Gasteiger partial charge in [0.25, 0.3) is 16.9 Å². The number of nitrogens with one attached hydrogen (secondary N) is 2. The Morgan fingerprint density at radius 2 is 1.19 bits per heavy atom. The lowest BCUT2D eigenvalue weighted by Gasteiger charge is -2.37. The normalized spacial score (nSPS) is 16.6. The Hall–Kier alpha value is -5.02. The number of rotatable bonds is 8. The molecule has 0 amide bonds. The molecule has 4 heterocycles. The van der Waals surface area contributed by atoms with Crippen molar-refractivity contribution in [3.8, 4) is 0 Å². The molecule has 0 bridgehead atoms. The average Bonchev–Trinajstić information content (AvgIpc) is 3.34. The third-order valence-electron chi connectivity index (χ3n) is 8.23. The van der Waals surface area contributed by atoms with E-state index in [0.29, 0.717) is 24.1 Å². The zero-order chi connectivity index (χ0) is 30.1. The molecule has 43 heavy (non-hydrogen) atoms. The van der Waals surface area contributed by atoms with Crippen molar-refractivity contribution in [2.24, 2.45) is 0 Å². The Labute approximate surface area is 245 Å². The van der Waals surface area contributed by atoms with Crippen molar-refractivity contribution < 1.29 is 9.85 Å². The molecule has 15 nitrogen and oxygen atoms in total. The fourth-order valence-corrected chi connectivity index (χ4v) is 5.89. The van der Waals surface area contributed by atoms with Crippen molar-refractivity contribution in [2.45, 2.75) is 13.1 Å². The minimum atomic E-state index is -0.399. The molecule has 0 aliphatic carbocycles. The first-order valence-corrected chi connectivity index (χ1v) is 14.1. The highest BCUT2D eigenvalue weighted by Gasteiger charge is 2.25. The zero-order valence-corrected chi connectivity index (χ0v) is 23.4. The van der Waals surface area contributed by atoms with Gasteiger partial charge in [-0.05, 0) is 24.3 Å². The molecule has 2 saturated heterocycles. The summed E-state index contributed by atoms with van der Waals surface area (Å²) in [7, 11) is 0. The summed E-state index contributed by atoms with van der Waals surface area (Å²) in [5.41, 5.74) is 9.94. The zero-order valence-electron chi connectivity index (χ0n) is 23.4. The summed E-state index contributed by atoms with van der Waals surface area (Å²) in [6, 6.07) is 13.2. The van der Waals surface area contributed by atoms with Crippen LogP contribution >= 0.6 is 0 Å². The van der Waals surface area contributed by atoms with Crippen LogP contribution in [0.15, 0.2) is 53.3 Å². The number of hydrogen-bond acceptors (Lipinski definition) is 11. The average molecular weight is 589 g/mol. The second-order valence-electron chi connectivity index (χ2n) is 10.8. The second-order valence-corrected chi connectivity index (χ2v) is 10.8. The molecule has 0 radical (unpaired) electrons. The molecular formula is C28H32N10O5. The third kappa shape index (κ3) is 5.98. The molecule has 0 spiro atoms. The minimum absolute atomic E-state index is 0.0604. The predicted octanol–water partition coefficient (Wildman–Crippen LogP) is 2.29. The largest absolute Gasteiger partial charge is 0.369 e. The molecule has 4 aromatic rings. The molecule has 6 rings (SSSR count). The number of hydrogen-bond donors (Lipinski definition) is 3. The third-order valence-corrected chi connectivity index (χ3v) is 8.23. The molecule has 224 valence electrons. The number of anilines is 3. The first-order chi connectivity index (χ1) is 20.7. The predicted molar refractivity (Wildman–Crippen MR) is 162 cm³/mol. The number of nitrogens with zero attached hydrogens (tertiary/aromatic N) is 7. The molecule has 0 unspecified atom stereocenters. The smallest absolute Gasteiger partial charge is 0.269 e. The van der Waals surface area contributed by atoms with Crippen LogP contribution in [-0.2, 0) is 13.1 Å². The lowest BCUT2D eigenvalue weighted by atomic mass is 10.1. The number of aromatic amines is 2. The van der Waals surface area contributed by atoms with Gasteiger partial charge in [0, 0.05) is 112 Å². The van der Waals surface area contributed by atoms with Crippen LogP contribution in [0.1, 0.15) is 11.3 Å². The summed E-state index contributed by atoms with van der Waals surface area (Å²) < 4.78 is 0. The van der Waals surface area contributed by atoms with E-state index in [1.54, 1.807) is 24.3 Å². The van der Waals surface area contributed by atoms with E-state index >= 15 is 0 Å². The minimum Gasteiger partial charge on any atom is -0.369 e. The van der Waals surface area contributed by atoms with Crippen LogP contribution < -0.4 is 21.1 Å². The van der Waals surface area contributed by atoms with Gasteiger partial charge in [-0.1, -0.05) is 0 Å². The van der Waals surface area contributed by atoms with Gasteiger partial charge in [-0.3, -0.25) is 39.8 Å². The molecule has 2 aliphatic rings. The van der Waals surface area contributed by atoms with E-state index in [4.69, 9.17) is 5.73 Å². The van der Waals surface area contributed by atoms with E-state index in [-0.39, 0.29) is 22.9 Å². The van der Waals surface area contributed by atoms with Crippen molar-refractivity contribution in [3.05, 3.63) is 90.4 Å². The Morgan fingerprint density at radius 1 is 0.721 bits per heavy atom. The topological polar surface area (TPSA) is 187 Å². The molecule has 2 aromatic heterocycles. The van der Waals surface area contributed by atoms with Crippen LogP contribution in [0, 0.1) is 20.2 Å². The molecule has 0 atom stereocenters. The van der Waals surface area contributed by atoms with E-state index < -0.39 is 9.85 Å². The second kappa shape index (κ2) is 11.7. The summed E-state index contributed by atoms with van der Waals surface area (Å²) in [5, 5.41) is 22.5. The van der Waals surface area contributed by atoms with E-state index in [0.717, 1.165) is 75.0 Å². The van der Waals surface area contributed by atoms with Gasteiger partial charge in [0.2, 0.25) is 5.95 Å². The summed E-state index contributed by atoms with van der Waals surface area (Å²) in [6.45, 7) is 7.31. The summed E-state index contributed by atoms with van der Waals surface area (Å²) in [4.78, 5) is 53.6. The van der Waals surface area contributed by atoms with Crippen LogP contribution in [0.5, 0.6) is 0 Å². The molecule has 4 N–H and O–H groups in total. The van der Waals surface area contributed by atoms with Crippen molar-refractivity contribution in [2.75, 3.05) is 67.9 Å². The number of nitro benzene ring substituents is 2. The first kappa shape index (κ1) is 28.1. The van der Waals surface area contributed by atoms with Gasteiger partial charge in [-0.25, -0.2) is 0 Å². The lowest BCUT2D eigenvalue weighted by Crippen LogP contribution is -2.47. The van der Waals surface area contributed by atoms with E-state index in [1.807, 2.05) is 0 Å². The van der Waals surface area contributed by atoms with Gasteiger partial charge >= 0.3 is 0 Å². The summed E-state index contributed by atoms with van der Waals surface area (Å²) in [6.07, 6.45) is 0. The number of piperazine rings is 2. The Balaban J connectivity index is 1.14. The van der Waals surface area contributed by atoms with Gasteiger partial charge in [0.05, 0.1) is 15.2 Å². The Morgan fingerprint density at radius 3 is 1.65 bits per heavy atom. The number of nitro groups is 2. The maximum absolute atomic E-state index is 13.0. The van der Waals surface area contributed by atoms with Crippen molar-refractivity contribution in [1.82, 2.24) is 24.8 Å². The van der Waals surface area contributed by atoms with Crippen molar-refractivity contribution in [3.63, 3.8) is 0 Å². The van der Waals surface area contributed by atoms with Crippen LogP contribution in [0.2, 0.25) is 0 Å². The van der Waals surface area contributed by atoms with Crippen LogP contribution in [-0.4, -0.2) is 87.0 Å². The standard InChI is InChI=1S/C28H32N10O5/c29-28-31-26-25(27(39)32-28)23(17-33-9-13-35(14-10-33)19-1-5-21(6-2-19)37(40)41)24(30-26)18-34-11-15-36(16-12-34)20-3-7-22(8-4-20)38(42)43/h1-8H,9-18H2,(H4,29,30,31,32,39). The molecular weight excluding hydrogens is 556 g/mol. The van der Waals surface area contributed by atoms with Crippen LogP contribution in [0.3, 0.4) is 0 Å². The molecule has 15 heteroatoms. The fourth-order valence-electron chi connectivity index (χ4n) is 5.89. The monoisotopic (exact) mass is 588 g/mol. The van der Waals surface area contributed by atoms with Gasteiger partial charge in [0.15, 0.2) is 0 Å². The Bertz CT molecular complexity index is 1690. The number of fused-ring (bicyclic) bond motifs is 1. The first-order valence-electron chi connectivity index (χ1n) is 14.1. The SMILES string of the molecule is Nc1nc2[nH]c(CN3CCN(c4ccc([N+](=O)[O-])cc4)CC3)c(CN3CCN(c4ccc([N+](=O)[O-])cc4)CC3)c2c(=O)[nH]1. The van der Waals surface area contributed by atoms with Gasteiger partial charge in [-0.15, -0.1) is 0 Å². The van der Waals surface area contributed by atoms with Gasteiger partial charge in [0.1, 0.15) is 5.65 Å². The number of nitrogens with two attached hydrogens (primary N) is 1. The summed E-state index contributed by atoms with van der Waals surface area (Å²) >= 11 is 0. The van der Waals surface area contributed by atoms with Gasteiger partial charge < -0.3 is 20.5 Å². The number of non-ortho nitro benzene ring substituents is 2. The molecule has 2 aromatic carbocycles. The fraction of sp³-hybridized carbons (Fsp3) is 0.357. The lowest BCUT2D eigenvalue weighted by molar-refractivity contribution is -0.385. The highest BCUT2D eigenvalue weighted by atomic mass is 16.6. The number of aromatic nitrogens is 3. The van der Waals surface area contributed by atoms with E-state index in [9.17, 15) is 25.0 Å².